The number of piperazine rings is 1. The first-order chi connectivity index (χ1) is 14.3. The number of rotatable bonds is 7. The number of nitrogens with zero attached hydrogens (tertiary/aromatic N) is 4. The average molecular weight is 395 g/mol. The first kappa shape index (κ1) is 19.8. The van der Waals surface area contributed by atoms with Crippen molar-refractivity contribution in [2.45, 2.75) is 12.8 Å². The monoisotopic (exact) mass is 394 g/mol. The van der Waals surface area contributed by atoms with Gasteiger partial charge in [0.25, 0.3) is 5.91 Å². The Morgan fingerprint density at radius 2 is 1.86 bits per heavy atom. The van der Waals surface area contributed by atoms with Gasteiger partial charge in [-0.1, -0.05) is 12.1 Å². The van der Waals surface area contributed by atoms with Crippen LogP contribution in [0.4, 0.5) is 5.95 Å². The molecule has 0 radical (unpaired) electrons. The summed E-state index contributed by atoms with van der Waals surface area (Å²) in [6.45, 7) is 7.50. The van der Waals surface area contributed by atoms with E-state index < -0.39 is 0 Å². The van der Waals surface area contributed by atoms with Gasteiger partial charge in [0.2, 0.25) is 5.95 Å². The molecule has 1 aromatic heterocycles. The Balaban J connectivity index is 1.16. The van der Waals surface area contributed by atoms with Crippen molar-refractivity contribution in [2.75, 3.05) is 57.3 Å². The SMILES string of the molecule is O=C(NCCN1CCN(c2ncccn2)CC1)c1ccc(CC2CCNC2)cc1. The van der Waals surface area contributed by atoms with E-state index in [-0.39, 0.29) is 5.91 Å². The van der Waals surface area contributed by atoms with Crippen LogP contribution in [0.15, 0.2) is 42.7 Å². The van der Waals surface area contributed by atoms with Crippen molar-refractivity contribution < 1.29 is 4.79 Å². The lowest BCUT2D eigenvalue weighted by Crippen LogP contribution is -2.49. The number of hydrogen-bond acceptors (Lipinski definition) is 6. The van der Waals surface area contributed by atoms with E-state index in [0.717, 1.165) is 69.7 Å². The summed E-state index contributed by atoms with van der Waals surface area (Å²) < 4.78 is 0. The molecule has 3 heterocycles. The molecule has 29 heavy (non-hydrogen) atoms. The standard InChI is InChI=1S/C22H30N6O/c29-21(20-4-2-18(3-5-20)16-19-6-9-23-17-19)24-10-11-27-12-14-28(15-13-27)22-25-7-1-8-26-22/h1-5,7-8,19,23H,6,9-17H2,(H,24,29). The van der Waals surface area contributed by atoms with Crippen molar-refractivity contribution in [1.29, 1.82) is 0 Å². The predicted molar refractivity (Wildman–Crippen MR) is 114 cm³/mol. The number of hydrogen-bond donors (Lipinski definition) is 2. The summed E-state index contributed by atoms with van der Waals surface area (Å²) in [6.07, 6.45) is 5.90. The molecule has 1 amide bonds. The average Bonchev–Trinajstić information content (AvgIpc) is 3.28. The highest BCUT2D eigenvalue weighted by molar-refractivity contribution is 5.94. The Morgan fingerprint density at radius 3 is 2.55 bits per heavy atom. The maximum absolute atomic E-state index is 12.4. The quantitative estimate of drug-likeness (QED) is 0.735. The van der Waals surface area contributed by atoms with E-state index in [1.54, 1.807) is 12.4 Å². The molecular weight excluding hydrogens is 364 g/mol. The molecule has 1 atom stereocenters. The largest absolute Gasteiger partial charge is 0.351 e. The smallest absolute Gasteiger partial charge is 0.251 e. The molecule has 0 bridgehead atoms. The molecule has 154 valence electrons. The molecule has 2 fully saturated rings. The van der Waals surface area contributed by atoms with Crippen molar-refractivity contribution in [3.63, 3.8) is 0 Å². The van der Waals surface area contributed by atoms with Crippen LogP contribution in [-0.2, 0) is 6.42 Å². The maximum atomic E-state index is 12.4. The van der Waals surface area contributed by atoms with E-state index in [4.69, 9.17) is 0 Å². The topological polar surface area (TPSA) is 73.4 Å². The van der Waals surface area contributed by atoms with Crippen LogP contribution in [0.3, 0.4) is 0 Å². The molecule has 7 heteroatoms. The number of anilines is 1. The Kier molecular flexibility index (Phi) is 6.69. The molecule has 1 aromatic carbocycles. The minimum Gasteiger partial charge on any atom is -0.351 e. The Bertz CT molecular complexity index is 768. The van der Waals surface area contributed by atoms with Crippen molar-refractivity contribution in [2.24, 2.45) is 5.92 Å². The van der Waals surface area contributed by atoms with E-state index in [9.17, 15) is 4.79 Å². The van der Waals surface area contributed by atoms with Crippen LogP contribution in [0, 0.1) is 5.92 Å². The third-order valence-electron chi connectivity index (χ3n) is 5.82. The van der Waals surface area contributed by atoms with Gasteiger partial charge >= 0.3 is 0 Å². The van der Waals surface area contributed by atoms with Gasteiger partial charge < -0.3 is 15.5 Å². The summed E-state index contributed by atoms with van der Waals surface area (Å²) in [7, 11) is 0. The van der Waals surface area contributed by atoms with Gasteiger partial charge in [-0.05, 0) is 55.6 Å². The summed E-state index contributed by atoms with van der Waals surface area (Å²) in [5, 5.41) is 6.46. The molecule has 2 aromatic rings. The number of carbonyl (C=O) groups is 1. The summed E-state index contributed by atoms with van der Waals surface area (Å²) in [5.74, 6) is 1.53. The molecule has 0 saturated carbocycles. The zero-order valence-corrected chi connectivity index (χ0v) is 16.9. The third kappa shape index (κ3) is 5.52. The number of aromatic nitrogens is 2. The second-order valence-electron chi connectivity index (χ2n) is 7.89. The van der Waals surface area contributed by atoms with E-state index in [2.05, 4.69) is 42.5 Å². The van der Waals surface area contributed by atoms with Gasteiger partial charge in [0, 0.05) is 57.2 Å². The molecule has 4 rings (SSSR count). The Hall–Kier alpha value is -2.51. The van der Waals surface area contributed by atoms with Crippen LogP contribution in [0.25, 0.3) is 0 Å². The van der Waals surface area contributed by atoms with Crippen LogP contribution in [0.2, 0.25) is 0 Å². The molecule has 1 unspecified atom stereocenters. The molecule has 2 saturated heterocycles. The molecule has 7 nitrogen and oxygen atoms in total. The Labute approximate surface area is 172 Å². The first-order valence-electron chi connectivity index (χ1n) is 10.6. The van der Waals surface area contributed by atoms with Gasteiger partial charge in [-0.25, -0.2) is 9.97 Å². The summed E-state index contributed by atoms with van der Waals surface area (Å²) in [6, 6.07) is 9.93. The van der Waals surface area contributed by atoms with Crippen molar-refractivity contribution in [3.8, 4) is 0 Å². The van der Waals surface area contributed by atoms with Crippen LogP contribution in [0.1, 0.15) is 22.3 Å². The number of nitrogens with one attached hydrogen (secondary N) is 2. The highest BCUT2D eigenvalue weighted by Gasteiger charge is 2.19. The lowest BCUT2D eigenvalue weighted by Gasteiger charge is -2.34. The fourth-order valence-corrected chi connectivity index (χ4v) is 4.07. The van der Waals surface area contributed by atoms with E-state index >= 15 is 0 Å². The second kappa shape index (κ2) is 9.80. The molecular formula is C22H30N6O. The fourth-order valence-electron chi connectivity index (χ4n) is 4.07. The second-order valence-corrected chi connectivity index (χ2v) is 7.89. The summed E-state index contributed by atoms with van der Waals surface area (Å²) in [5.41, 5.74) is 2.06. The highest BCUT2D eigenvalue weighted by atomic mass is 16.1. The van der Waals surface area contributed by atoms with Gasteiger partial charge in [0.05, 0.1) is 0 Å². The third-order valence-corrected chi connectivity index (χ3v) is 5.82. The van der Waals surface area contributed by atoms with Gasteiger partial charge in [-0.3, -0.25) is 9.69 Å². The number of carbonyl (C=O) groups excluding carboxylic acids is 1. The van der Waals surface area contributed by atoms with E-state index in [1.807, 2.05) is 18.2 Å². The van der Waals surface area contributed by atoms with E-state index in [1.165, 1.54) is 12.0 Å². The number of amides is 1. The minimum absolute atomic E-state index is 0.00963. The molecule has 2 aliphatic rings. The van der Waals surface area contributed by atoms with Crippen LogP contribution < -0.4 is 15.5 Å². The normalized spacial score (nSPS) is 20.0. The first-order valence-corrected chi connectivity index (χ1v) is 10.6. The lowest BCUT2D eigenvalue weighted by molar-refractivity contribution is 0.0947. The maximum Gasteiger partial charge on any atom is 0.251 e. The predicted octanol–water partition coefficient (Wildman–Crippen LogP) is 1.18. The van der Waals surface area contributed by atoms with Crippen LogP contribution in [0.5, 0.6) is 0 Å². The fraction of sp³-hybridized carbons (Fsp3) is 0.500. The number of benzene rings is 1. The lowest BCUT2D eigenvalue weighted by atomic mass is 9.98. The van der Waals surface area contributed by atoms with Crippen molar-refractivity contribution >= 4 is 11.9 Å². The zero-order valence-electron chi connectivity index (χ0n) is 16.9. The van der Waals surface area contributed by atoms with Crippen LogP contribution >= 0.6 is 0 Å². The van der Waals surface area contributed by atoms with E-state index in [0.29, 0.717) is 6.54 Å². The van der Waals surface area contributed by atoms with Gasteiger partial charge in [-0.15, -0.1) is 0 Å². The highest BCUT2D eigenvalue weighted by Crippen LogP contribution is 2.16. The Morgan fingerprint density at radius 1 is 1.10 bits per heavy atom. The summed E-state index contributed by atoms with van der Waals surface area (Å²) in [4.78, 5) is 25.6. The summed E-state index contributed by atoms with van der Waals surface area (Å²) >= 11 is 0. The molecule has 0 spiro atoms. The molecule has 0 aliphatic carbocycles. The van der Waals surface area contributed by atoms with Gasteiger partial charge in [0.15, 0.2) is 0 Å². The van der Waals surface area contributed by atoms with Gasteiger partial charge in [0.1, 0.15) is 0 Å². The van der Waals surface area contributed by atoms with Crippen molar-refractivity contribution in [3.05, 3.63) is 53.9 Å². The minimum atomic E-state index is 0.00963. The zero-order chi connectivity index (χ0) is 19.9. The van der Waals surface area contributed by atoms with Gasteiger partial charge in [-0.2, -0.15) is 0 Å². The molecule has 2 N–H and O–H groups in total. The van der Waals surface area contributed by atoms with Crippen molar-refractivity contribution in [1.82, 2.24) is 25.5 Å². The van der Waals surface area contributed by atoms with Crippen LogP contribution in [-0.4, -0.2) is 73.1 Å². The molecule has 2 aliphatic heterocycles.